The summed E-state index contributed by atoms with van der Waals surface area (Å²) in [6.45, 7) is 0. The molecule has 2 aromatic rings. The molecule has 0 saturated heterocycles. The van der Waals surface area contributed by atoms with Crippen molar-refractivity contribution in [2.45, 2.75) is 17.4 Å². The molecular weight excluding hydrogens is 356 g/mol. The Labute approximate surface area is 136 Å². The van der Waals surface area contributed by atoms with E-state index in [2.05, 4.69) is 33.4 Å². The van der Waals surface area contributed by atoms with Gasteiger partial charge in [0.05, 0.1) is 0 Å². The van der Waals surface area contributed by atoms with E-state index in [0.717, 1.165) is 15.8 Å². The lowest BCUT2D eigenvalue weighted by Gasteiger charge is -2.16. The Bertz CT molecular complexity index is 589. The Morgan fingerprint density at radius 2 is 1.81 bits per heavy atom. The molecule has 1 unspecified atom stereocenters. The minimum absolute atomic E-state index is 0.198. The number of rotatable bonds is 6. The Morgan fingerprint density at radius 3 is 2.43 bits per heavy atom. The number of halogens is 3. The summed E-state index contributed by atoms with van der Waals surface area (Å²) in [5.74, 6) is -0.733. The lowest BCUT2D eigenvalue weighted by Crippen LogP contribution is -2.30. The van der Waals surface area contributed by atoms with Crippen LogP contribution in [0.1, 0.15) is 5.56 Å². The van der Waals surface area contributed by atoms with Crippen molar-refractivity contribution in [2.24, 2.45) is 0 Å². The van der Waals surface area contributed by atoms with E-state index >= 15 is 0 Å². The van der Waals surface area contributed by atoms with Crippen molar-refractivity contribution >= 4 is 27.7 Å². The third kappa shape index (κ3) is 5.09. The fraction of sp³-hybridized carbons (Fsp3) is 0.250. The molecule has 0 aliphatic rings. The molecule has 1 N–H and O–H groups in total. The van der Waals surface area contributed by atoms with Crippen molar-refractivity contribution in [3.05, 3.63) is 64.1 Å². The van der Waals surface area contributed by atoms with Crippen molar-refractivity contribution < 1.29 is 8.78 Å². The van der Waals surface area contributed by atoms with Crippen LogP contribution in [0.15, 0.2) is 51.8 Å². The van der Waals surface area contributed by atoms with Crippen LogP contribution in [-0.2, 0) is 6.42 Å². The number of likely N-dealkylation sites (N-methyl/N-ethyl adjacent to an activating group) is 1. The van der Waals surface area contributed by atoms with Crippen molar-refractivity contribution in [2.75, 3.05) is 12.8 Å². The number of thioether (sulfide) groups is 1. The maximum atomic E-state index is 13.2. The number of benzene rings is 2. The van der Waals surface area contributed by atoms with Crippen LogP contribution in [0, 0.1) is 11.6 Å². The zero-order chi connectivity index (χ0) is 15.2. The maximum Gasteiger partial charge on any atom is 0.159 e. The summed E-state index contributed by atoms with van der Waals surface area (Å²) in [6.07, 6.45) is 0.664. The normalized spacial score (nSPS) is 12.4. The molecule has 1 atom stereocenters. The van der Waals surface area contributed by atoms with E-state index in [-0.39, 0.29) is 6.04 Å². The van der Waals surface area contributed by atoms with Gasteiger partial charge in [0, 0.05) is 21.2 Å². The predicted molar refractivity (Wildman–Crippen MR) is 87.8 cm³/mol. The van der Waals surface area contributed by atoms with Crippen molar-refractivity contribution in [3.63, 3.8) is 0 Å². The summed E-state index contributed by atoms with van der Waals surface area (Å²) in [5, 5.41) is 3.22. The van der Waals surface area contributed by atoms with Gasteiger partial charge in [-0.3, -0.25) is 0 Å². The van der Waals surface area contributed by atoms with Crippen LogP contribution in [0.5, 0.6) is 0 Å². The first-order valence-corrected chi connectivity index (χ1v) is 8.36. The van der Waals surface area contributed by atoms with Gasteiger partial charge in [-0.05, 0) is 55.4 Å². The molecule has 0 heterocycles. The Balaban J connectivity index is 1.93. The van der Waals surface area contributed by atoms with Crippen LogP contribution < -0.4 is 5.32 Å². The average Bonchev–Trinajstić information content (AvgIpc) is 2.49. The van der Waals surface area contributed by atoms with E-state index in [1.807, 2.05) is 19.2 Å². The minimum Gasteiger partial charge on any atom is -0.316 e. The zero-order valence-electron chi connectivity index (χ0n) is 11.6. The van der Waals surface area contributed by atoms with Gasteiger partial charge in [0.2, 0.25) is 0 Å². The fourth-order valence-electron chi connectivity index (χ4n) is 1.92. The standard InChI is InChI=1S/C16H16BrF2NS/c1-20-13(8-11-2-7-15(18)16(19)9-11)10-21-14-5-3-12(17)4-6-14/h2-7,9,13,20H,8,10H2,1H3. The van der Waals surface area contributed by atoms with Gasteiger partial charge in [-0.2, -0.15) is 0 Å². The van der Waals surface area contributed by atoms with Crippen LogP contribution in [0.3, 0.4) is 0 Å². The summed E-state index contributed by atoms with van der Waals surface area (Å²) in [6, 6.07) is 12.4. The second-order valence-electron chi connectivity index (χ2n) is 4.70. The summed E-state index contributed by atoms with van der Waals surface area (Å²) in [4.78, 5) is 1.18. The Morgan fingerprint density at radius 1 is 1.10 bits per heavy atom. The smallest absolute Gasteiger partial charge is 0.159 e. The highest BCUT2D eigenvalue weighted by Gasteiger charge is 2.10. The highest BCUT2D eigenvalue weighted by atomic mass is 79.9. The van der Waals surface area contributed by atoms with Crippen molar-refractivity contribution in [3.8, 4) is 0 Å². The first-order chi connectivity index (χ1) is 10.1. The van der Waals surface area contributed by atoms with E-state index in [1.54, 1.807) is 17.8 Å². The van der Waals surface area contributed by atoms with E-state index in [1.165, 1.54) is 17.0 Å². The molecule has 0 fully saturated rings. The Hall–Kier alpha value is -0.910. The lowest BCUT2D eigenvalue weighted by molar-refractivity contribution is 0.505. The molecule has 0 spiro atoms. The molecule has 0 bridgehead atoms. The fourth-order valence-corrected chi connectivity index (χ4v) is 3.19. The number of hydrogen-bond acceptors (Lipinski definition) is 2. The van der Waals surface area contributed by atoms with Gasteiger partial charge in [-0.25, -0.2) is 8.78 Å². The lowest BCUT2D eigenvalue weighted by atomic mass is 10.1. The minimum atomic E-state index is -0.802. The molecule has 5 heteroatoms. The van der Waals surface area contributed by atoms with E-state index in [9.17, 15) is 8.78 Å². The van der Waals surface area contributed by atoms with Crippen LogP contribution in [0.2, 0.25) is 0 Å². The van der Waals surface area contributed by atoms with Gasteiger partial charge in [-0.1, -0.05) is 22.0 Å². The molecular formula is C16H16BrF2NS. The van der Waals surface area contributed by atoms with Gasteiger partial charge in [0.15, 0.2) is 11.6 Å². The second-order valence-corrected chi connectivity index (χ2v) is 6.71. The molecule has 112 valence electrons. The topological polar surface area (TPSA) is 12.0 Å². The first kappa shape index (κ1) is 16.5. The number of nitrogens with one attached hydrogen (secondary N) is 1. The summed E-state index contributed by atoms with van der Waals surface area (Å²) < 4.78 is 27.2. The predicted octanol–water partition coefficient (Wildman–Crippen LogP) is 4.65. The average molecular weight is 372 g/mol. The van der Waals surface area contributed by atoms with Gasteiger partial charge in [0.25, 0.3) is 0 Å². The molecule has 2 aromatic carbocycles. The highest BCUT2D eigenvalue weighted by Crippen LogP contribution is 2.22. The highest BCUT2D eigenvalue weighted by molar-refractivity contribution is 9.10. The van der Waals surface area contributed by atoms with Gasteiger partial charge in [-0.15, -0.1) is 11.8 Å². The summed E-state index contributed by atoms with van der Waals surface area (Å²) in [5.41, 5.74) is 0.796. The van der Waals surface area contributed by atoms with Crippen molar-refractivity contribution in [1.82, 2.24) is 5.32 Å². The molecule has 1 nitrogen and oxygen atoms in total. The third-order valence-electron chi connectivity index (χ3n) is 3.14. The largest absolute Gasteiger partial charge is 0.316 e. The molecule has 21 heavy (non-hydrogen) atoms. The van der Waals surface area contributed by atoms with Crippen LogP contribution in [0.25, 0.3) is 0 Å². The van der Waals surface area contributed by atoms with Crippen LogP contribution in [0.4, 0.5) is 8.78 Å². The van der Waals surface area contributed by atoms with Gasteiger partial charge in [0.1, 0.15) is 0 Å². The van der Waals surface area contributed by atoms with Gasteiger partial charge < -0.3 is 5.32 Å². The number of hydrogen-bond donors (Lipinski definition) is 1. The molecule has 0 saturated carbocycles. The molecule has 0 radical (unpaired) electrons. The van der Waals surface area contributed by atoms with E-state index in [4.69, 9.17) is 0 Å². The molecule has 0 aliphatic heterocycles. The molecule has 0 amide bonds. The summed E-state index contributed by atoms with van der Waals surface area (Å²) in [7, 11) is 1.88. The monoisotopic (exact) mass is 371 g/mol. The Kier molecular flexibility index (Phi) is 6.21. The zero-order valence-corrected chi connectivity index (χ0v) is 14.0. The molecule has 0 aromatic heterocycles. The SMILES string of the molecule is CNC(CSc1ccc(Br)cc1)Cc1ccc(F)c(F)c1. The van der Waals surface area contributed by atoms with E-state index in [0.29, 0.717) is 6.42 Å². The van der Waals surface area contributed by atoms with Gasteiger partial charge >= 0.3 is 0 Å². The van der Waals surface area contributed by atoms with Crippen LogP contribution in [-0.4, -0.2) is 18.8 Å². The van der Waals surface area contributed by atoms with Crippen LogP contribution >= 0.6 is 27.7 Å². The molecule has 0 aliphatic carbocycles. The third-order valence-corrected chi connectivity index (χ3v) is 4.84. The first-order valence-electron chi connectivity index (χ1n) is 6.58. The van der Waals surface area contributed by atoms with E-state index < -0.39 is 11.6 Å². The second kappa shape index (κ2) is 7.92. The molecule has 2 rings (SSSR count). The summed E-state index contributed by atoms with van der Waals surface area (Å²) >= 11 is 5.15. The van der Waals surface area contributed by atoms with Crippen molar-refractivity contribution in [1.29, 1.82) is 0 Å². The maximum absolute atomic E-state index is 13.2. The quantitative estimate of drug-likeness (QED) is 0.741.